The number of nitrogens with zero attached hydrogens (tertiary/aromatic N) is 3. The third kappa shape index (κ3) is 3.07. The number of carbonyl (C=O) groups is 1. The summed E-state index contributed by atoms with van der Waals surface area (Å²) in [7, 11) is 0. The zero-order valence-corrected chi connectivity index (χ0v) is 16.1. The zero-order valence-electron chi connectivity index (χ0n) is 16.1. The molecule has 0 spiro atoms. The molecule has 28 heavy (non-hydrogen) atoms. The first-order valence-corrected chi connectivity index (χ1v) is 10.4. The zero-order chi connectivity index (χ0) is 18.9. The van der Waals surface area contributed by atoms with Crippen LogP contribution >= 0.6 is 0 Å². The molecule has 1 aromatic carbocycles. The molecule has 2 unspecified atom stereocenters. The van der Waals surface area contributed by atoms with Crippen molar-refractivity contribution < 1.29 is 4.79 Å². The second-order valence-corrected chi connectivity index (χ2v) is 8.04. The summed E-state index contributed by atoms with van der Waals surface area (Å²) in [6.07, 6.45) is 9.15. The molecule has 2 fully saturated rings. The molecule has 3 heterocycles. The first-order chi connectivity index (χ1) is 13.8. The highest BCUT2D eigenvalue weighted by Gasteiger charge is 2.36. The van der Waals surface area contributed by atoms with E-state index in [0.29, 0.717) is 17.7 Å². The monoisotopic (exact) mass is 371 g/mol. The molecule has 2 atom stereocenters. The van der Waals surface area contributed by atoms with Crippen molar-refractivity contribution in [2.24, 2.45) is 5.92 Å². The summed E-state index contributed by atoms with van der Waals surface area (Å²) in [5, 5.41) is 1.06. The van der Waals surface area contributed by atoms with E-state index in [2.05, 4.69) is 22.0 Å². The topological polar surface area (TPSA) is 46.1 Å². The van der Waals surface area contributed by atoms with Crippen LogP contribution in [0.1, 0.15) is 49.0 Å². The number of piperidine rings is 1. The van der Waals surface area contributed by atoms with Gasteiger partial charge in [-0.05, 0) is 55.9 Å². The minimum atomic E-state index is 0.0943. The Hall–Kier alpha value is -2.75. The van der Waals surface area contributed by atoms with Crippen LogP contribution in [-0.2, 0) is 0 Å². The van der Waals surface area contributed by atoms with Gasteiger partial charge in [-0.25, -0.2) is 4.98 Å². The fourth-order valence-electron chi connectivity index (χ4n) is 5.05. The van der Waals surface area contributed by atoms with E-state index in [1.54, 1.807) is 6.20 Å². The maximum absolute atomic E-state index is 13.4. The fraction of sp³-hybridized carbons (Fsp3) is 0.375. The van der Waals surface area contributed by atoms with E-state index < -0.39 is 0 Å². The van der Waals surface area contributed by atoms with Gasteiger partial charge in [-0.15, -0.1) is 0 Å². The molecule has 2 aliphatic rings. The maximum atomic E-state index is 13.4. The number of rotatable bonds is 2. The first kappa shape index (κ1) is 17.4. The summed E-state index contributed by atoms with van der Waals surface area (Å²) >= 11 is 0. The molecule has 2 aromatic heterocycles. The van der Waals surface area contributed by atoms with Gasteiger partial charge in [0.2, 0.25) is 0 Å². The highest BCUT2D eigenvalue weighted by molar-refractivity contribution is 5.96. The normalized spacial score (nSPS) is 22.1. The predicted molar refractivity (Wildman–Crippen MR) is 111 cm³/mol. The summed E-state index contributed by atoms with van der Waals surface area (Å²) in [5.41, 5.74) is 3.36. The van der Waals surface area contributed by atoms with E-state index >= 15 is 0 Å². The van der Waals surface area contributed by atoms with Crippen LogP contribution < -0.4 is 0 Å². The lowest BCUT2D eigenvalue weighted by atomic mass is 9.78. The van der Waals surface area contributed by atoms with Crippen LogP contribution in [-0.4, -0.2) is 33.4 Å². The maximum Gasteiger partial charge on any atom is 0.272 e. The van der Waals surface area contributed by atoms with E-state index in [-0.39, 0.29) is 5.91 Å². The molecule has 142 valence electrons. The number of benzene rings is 1. The molecule has 4 heteroatoms. The summed E-state index contributed by atoms with van der Waals surface area (Å²) in [6.45, 7) is 0.865. The number of aromatic nitrogens is 2. The highest BCUT2D eigenvalue weighted by atomic mass is 16.2. The molecule has 1 aliphatic heterocycles. The van der Waals surface area contributed by atoms with Crippen molar-refractivity contribution in [1.29, 1.82) is 0 Å². The summed E-state index contributed by atoms with van der Waals surface area (Å²) in [6, 6.07) is 16.3. The second kappa shape index (κ2) is 7.34. The minimum absolute atomic E-state index is 0.0943. The van der Waals surface area contributed by atoms with Crippen molar-refractivity contribution in [3.63, 3.8) is 0 Å². The van der Waals surface area contributed by atoms with Crippen LogP contribution in [0, 0.1) is 5.92 Å². The number of pyridine rings is 2. The molecule has 1 aliphatic carbocycles. The fourth-order valence-corrected chi connectivity index (χ4v) is 5.05. The van der Waals surface area contributed by atoms with Gasteiger partial charge in [-0.3, -0.25) is 9.78 Å². The average Bonchev–Trinajstić information content (AvgIpc) is 2.78. The van der Waals surface area contributed by atoms with Crippen LogP contribution in [0.2, 0.25) is 0 Å². The van der Waals surface area contributed by atoms with Crippen molar-refractivity contribution in [2.75, 3.05) is 6.54 Å². The summed E-state index contributed by atoms with van der Waals surface area (Å²) < 4.78 is 0. The Morgan fingerprint density at radius 2 is 1.79 bits per heavy atom. The van der Waals surface area contributed by atoms with Crippen molar-refractivity contribution >= 4 is 16.8 Å². The van der Waals surface area contributed by atoms with Crippen molar-refractivity contribution in [3.8, 4) is 11.3 Å². The lowest BCUT2D eigenvalue weighted by Crippen LogP contribution is -2.49. The summed E-state index contributed by atoms with van der Waals surface area (Å²) in [5.74, 6) is 0.774. The van der Waals surface area contributed by atoms with E-state index in [1.807, 2.05) is 36.4 Å². The largest absolute Gasteiger partial charge is 0.334 e. The molecule has 1 saturated carbocycles. The standard InChI is InChI=1S/C24H25N3O/c28-24(27-16-6-8-17-7-1-2-14-23(17)27)22-13-4-12-21(26-22)19-9-3-11-20-18(19)10-5-15-25-20/h3-5,9-13,15,17,23H,1-2,6-8,14,16H2. The number of hydrogen-bond acceptors (Lipinski definition) is 3. The Balaban J connectivity index is 1.49. The lowest BCUT2D eigenvalue weighted by Gasteiger charge is -2.44. The van der Waals surface area contributed by atoms with Gasteiger partial charge in [0.15, 0.2) is 0 Å². The molecule has 1 amide bonds. The molecule has 1 saturated heterocycles. The smallest absolute Gasteiger partial charge is 0.272 e. The first-order valence-electron chi connectivity index (χ1n) is 10.4. The number of likely N-dealkylation sites (tertiary alicyclic amines) is 1. The Morgan fingerprint density at radius 1 is 0.929 bits per heavy atom. The van der Waals surface area contributed by atoms with Crippen molar-refractivity contribution in [3.05, 3.63) is 60.4 Å². The molecule has 5 rings (SSSR count). The number of fused-ring (bicyclic) bond motifs is 2. The van der Waals surface area contributed by atoms with Crippen molar-refractivity contribution in [1.82, 2.24) is 14.9 Å². The third-order valence-corrected chi connectivity index (χ3v) is 6.39. The number of carbonyl (C=O) groups excluding carboxylic acids is 1. The number of hydrogen-bond donors (Lipinski definition) is 0. The lowest BCUT2D eigenvalue weighted by molar-refractivity contribution is 0.0385. The van der Waals surface area contributed by atoms with Gasteiger partial charge < -0.3 is 4.90 Å². The SMILES string of the molecule is O=C(c1cccc(-c2cccc3ncccc23)n1)N1CCCC2CCCCC21. The van der Waals surface area contributed by atoms with Gasteiger partial charge in [0.1, 0.15) is 5.69 Å². The van der Waals surface area contributed by atoms with Gasteiger partial charge in [0.25, 0.3) is 5.91 Å². The van der Waals surface area contributed by atoms with E-state index in [0.717, 1.165) is 41.5 Å². The van der Waals surface area contributed by atoms with E-state index in [1.165, 1.54) is 25.7 Å². The van der Waals surface area contributed by atoms with Crippen LogP contribution in [0.3, 0.4) is 0 Å². The number of amides is 1. The van der Waals surface area contributed by atoms with E-state index in [9.17, 15) is 4.79 Å². The molecule has 0 bridgehead atoms. The van der Waals surface area contributed by atoms with Crippen LogP contribution in [0.15, 0.2) is 54.7 Å². The molecule has 3 aromatic rings. The van der Waals surface area contributed by atoms with Gasteiger partial charge in [-0.1, -0.05) is 37.1 Å². The van der Waals surface area contributed by atoms with E-state index in [4.69, 9.17) is 4.98 Å². The van der Waals surface area contributed by atoms with Crippen LogP contribution in [0.25, 0.3) is 22.2 Å². The van der Waals surface area contributed by atoms with Crippen molar-refractivity contribution in [2.45, 2.75) is 44.6 Å². The Bertz CT molecular complexity index is 1010. The Labute approximate surface area is 165 Å². The average molecular weight is 371 g/mol. The highest BCUT2D eigenvalue weighted by Crippen LogP contribution is 2.36. The van der Waals surface area contributed by atoms with Gasteiger partial charge >= 0.3 is 0 Å². The Morgan fingerprint density at radius 3 is 2.75 bits per heavy atom. The van der Waals surface area contributed by atoms with Gasteiger partial charge in [-0.2, -0.15) is 0 Å². The molecule has 0 radical (unpaired) electrons. The molecular formula is C24H25N3O. The predicted octanol–water partition coefficient (Wildman–Crippen LogP) is 5.09. The van der Waals surface area contributed by atoms with Gasteiger partial charge in [0, 0.05) is 29.7 Å². The molecule has 0 N–H and O–H groups in total. The third-order valence-electron chi connectivity index (χ3n) is 6.39. The van der Waals surface area contributed by atoms with Gasteiger partial charge in [0.05, 0.1) is 11.2 Å². The quantitative estimate of drug-likeness (QED) is 0.630. The second-order valence-electron chi connectivity index (χ2n) is 8.04. The minimum Gasteiger partial charge on any atom is -0.334 e. The molecule has 4 nitrogen and oxygen atoms in total. The Kier molecular flexibility index (Phi) is 4.55. The molecular weight excluding hydrogens is 346 g/mol. The summed E-state index contributed by atoms with van der Waals surface area (Å²) in [4.78, 5) is 24.7. The van der Waals surface area contributed by atoms with Crippen LogP contribution in [0.5, 0.6) is 0 Å². The van der Waals surface area contributed by atoms with Crippen LogP contribution in [0.4, 0.5) is 0 Å².